The van der Waals surface area contributed by atoms with E-state index in [1.54, 1.807) is 11.8 Å². The fourth-order valence-electron chi connectivity index (χ4n) is 0.642. The molecule has 0 heterocycles. The summed E-state index contributed by atoms with van der Waals surface area (Å²) in [6, 6.07) is 0. The van der Waals surface area contributed by atoms with Crippen molar-refractivity contribution in [3.8, 4) is 0 Å². The molecule has 1 amide bonds. The number of carbonyl (C=O) groups is 1. The summed E-state index contributed by atoms with van der Waals surface area (Å²) in [5, 5.41) is 4.79. The third kappa shape index (κ3) is 6.16. The highest BCUT2D eigenvalue weighted by molar-refractivity contribution is 8.05. The van der Waals surface area contributed by atoms with Crippen molar-refractivity contribution in [3.05, 3.63) is 23.0 Å². The maximum absolute atomic E-state index is 11.4. The average Bonchev–Trinajstić information content (AvgIpc) is 2.21. The molecule has 2 nitrogen and oxygen atoms in total. The van der Waals surface area contributed by atoms with Gasteiger partial charge in [-0.05, 0) is 25.5 Å². The minimum Gasteiger partial charge on any atom is -0.351 e. The van der Waals surface area contributed by atoms with E-state index in [2.05, 4.69) is 11.9 Å². The lowest BCUT2D eigenvalue weighted by molar-refractivity contribution is -0.120. The summed E-state index contributed by atoms with van der Waals surface area (Å²) < 4.78 is 0. The van der Waals surface area contributed by atoms with Crippen molar-refractivity contribution < 1.29 is 4.79 Å². The van der Waals surface area contributed by atoms with Crippen LogP contribution in [0.15, 0.2) is 23.0 Å². The lowest BCUT2D eigenvalue weighted by Crippen LogP contribution is -2.31. The molecule has 4 heteroatoms. The molecule has 0 aromatic heterocycles. The van der Waals surface area contributed by atoms with Crippen LogP contribution in [0.2, 0.25) is 0 Å². The highest BCUT2D eigenvalue weighted by Gasteiger charge is 2.09. The van der Waals surface area contributed by atoms with Gasteiger partial charge in [0.15, 0.2) is 0 Å². The van der Waals surface area contributed by atoms with Crippen LogP contribution in [0.5, 0.6) is 0 Å². The van der Waals surface area contributed by atoms with Gasteiger partial charge in [-0.1, -0.05) is 12.7 Å². The molecular weight excluding hydrogens is 214 g/mol. The molecule has 14 heavy (non-hydrogen) atoms. The van der Waals surface area contributed by atoms with Gasteiger partial charge in [0.25, 0.3) is 0 Å². The first kappa shape index (κ1) is 13.7. The lowest BCUT2D eigenvalue weighted by atomic mass is 10.4. The molecule has 0 aliphatic heterocycles. The molecule has 0 bridgehead atoms. The maximum Gasteiger partial charge on any atom is 0.233 e. The number of amides is 1. The second-order valence-electron chi connectivity index (χ2n) is 2.72. The zero-order valence-corrected chi connectivity index (χ0v) is 10.5. The molecule has 1 N–H and O–H groups in total. The summed E-state index contributed by atoms with van der Waals surface area (Å²) in [6.45, 7) is 8.22. The number of hydrogen-bond donors (Lipinski definition) is 1. The van der Waals surface area contributed by atoms with Gasteiger partial charge in [-0.2, -0.15) is 11.8 Å². The fraction of sp³-hybridized carbons (Fsp3) is 0.500. The van der Waals surface area contributed by atoms with Gasteiger partial charge in [-0.15, -0.1) is 11.8 Å². The van der Waals surface area contributed by atoms with Gasteiger partial charge in [-0.25, -0.2) is 0 Å². The van der Waals surface area contributed by atoms with Crippen molar-refractivity contribution in [3.63, 3.8) is 0 Å². The fourth-order valence-corrected chi connectivity index (χ4v) is 1.42. The van der Waals surface area contributed by atoms with E-state index in [1.165, 1.54) is 11.8 Å². The Morgan fingerprint density at radius 1 is 1.64 bits per heavy atom. The summed E-state index contributed by atoms with van der Waals surface area (Å²) in [7, 11) is 0. The predicted molar refractivity (Wildman–Crippen MR) is 67.5 cm³/mol. The molecule has 1 atom stereocenters. The first-order valence-corrected chi connectivity index (χ1v) is 6.54. The van der Waals surface area contributed by atoms with E-state index in [-0.39, 0.29) is 11.2 Å². The predicted octanol–water partition coefficient (Wildman–Crippen LogP) is 2.63. The molecule has 0 spiro atoms. The Hall–Kier alpha value is -0.350. The Bertz CT molecular complexity index is 226. The van der Waals surface area contributed by atoms with Crippen LogP contribution in [0.3, 0.4) is 0 Å². The van der Waals surface area contributed by atoms with Crippen molar-refractivity contribution in [2.24, 2.45) is 0 Å². The third-order valence-corrected chi connectivity index (χ3v) is 3.36. The number of carbonyl (C=O) groups excluding carboxylic acids is 1. The van der Waals surface area contributed by atoms with Crippen LogP contribution in [-0.4, -0.2) is 24.0 Å². The first-order valence-electron chi connectivity index (χ1n) is 4.38. The van der Waals surface area contributed by atoms with Gasteiger partial charge in [0.1, 0.15) is 0 Å². The minimum absolute atomic E-state index is 0.00881. The van der Waals surface area contributed by atoms with Crippen LogP contribution >= 0.6 is 23.5 Å². The van der Waals surface area contributed by atoms with Crippen LogP contribution in [0.1, 0.15) is 13.8 Å². The molecule has 0 fully saturated rings. The highest BCUT2D eigenvalue weighted by Crippen LogP contribution is 2.13. The van der Waals surface area contributed by atoms with Gasteiger partial charge < -0.3 is 5.32 Å². The standard InChI is InChI=1S/C10H17NOS2/c1-5-6-14-8(2)7-11-10(12)9(3)13-4/h5-6,9H,2,7H2,1,3-4H3,(H,11,12)/b6-5-. The molecule has 80 valence electrons. The first-order chi connectivity index (χ1) is 6.61. The van der Waals surface area contributed by atoms with Crippen molar-refractivity contribution in [1.82, 2.24) is 5.32 Å². The van der Waals surface area contributed by atoms with E-state index in [9.17, 15) is 4.79 Å². The third-order valence-electron chi connectivity index (χ3n) is 1.55. The van der Waals surface area contributed by atoms with E-state index in [1.807, 2.05) is 31.6 Å². The van der Waals surface area contributed by atoms with E-state index in [0.29, 0.717) is 6.54 Å². The highest BCUT2D eigenvalue weighted by atomic mass is 32.2. The topological polar surface area (TPSA) is 29.1 Å². The van der Waals surface area contributed by atoms with Crippen molar-refractivity contribution >= 4 is 29.4 Å². The zero-order valence-electron chi connectivity index (χ0n) is 8.87. The quantitative estimate of drug-likeness (QED) is 0.762. The molecule has 0 aromatic rings. The number of nitrogens with one attached hydrogen (secondary N) is 1. The molecule has 0 radical (unpaired) electrons. The molecule has 1 unspecified atom stereocenters. The largest absolute Gasteiger partial charge is 0.351 e. The summed E-state index contributed by atoms with van der Waals surface area (Å²) in [5.74, 6) is 0.0692. The molecule has 0 aliphatic rings. The van der Waals surface area contributed by atoms with Crippen molar-refractivity contribution in [1.29, 1.82) is 0 Å². The van der Waals surface area contributed by atoms with Crippen molar-refractivity contribution in [2.45, 2.75) is 19.1 Å². The van der Waals surface area contributed by atoms with Gasteiger partial charge in [-0.3, -0.25) is 4.79 Å². The van der Waals surface area contributed by atoms with E-state index in [0.717, 1.165) is 4.91 Å². The van der Waals surface area contributed by atoms with Crippen LogP contribution < -0.4 is 5.32 Å². The monoisotopic (exact) mass is 231 g/mol. The van der Waals surface area contributed by atoms with Crippen molar-refractivity contribution in [2.75, 3.05) is 12.8 Å². The van der Waals surface area contributed by atoms with Gasteiger partial charge >= 0.3 is 0 Å². The average molecular weight is 231 g/mol. The van der Waals surface area contributed by atoms with Gasteiger partial charge in [0.2, 0.25) is 5.91 Å². The normalized spacial score (nSPS) is 12.8. The molecule has 0 aromatic carbocycles. The minimum atomic E-state index is 0.00881. The second-order valence-corrected chi connectivity index (χ2v) is 4.99. The summed E-state index contributed by atoms with van der Waals surface area (Å²) in [6.07, 6.45) is 3.87. The Balaban J connectivity index is 3.71. The molecule has 0 rings (SSSR count). The van der Waals surface area contributed by atoms with E-state index < -0.39 is 0 Å². The number of thioether (sulfide) groups is 2. The Morgan fingerprint density at radius 2 is 2.29 bits per heavy atom. The molecule has 0 saturated carbocycles. The summed E-state index contributed by atoms with van der Waals surface area (Å²) >= 11 is 3.08. The molecule has 0 aliphatic carbocycles. The van der Waals surface area contributed by atoms with Crippen LogP contribution in [0.4, 0.5) is 0 Å². The number of rotatable bonds is 6. The van der Waals surface area contributed by atoms with E-state index >= 15 is 0 Å². The zero-order chi connectivity index (χ0) is 11.0. The van der Waals surface area contributed by atoms with Gasteiger partial charge in [0.05, 0.1) is 5.25 Å². The smallest absolute Gasteiger partial charge is 0.233 e. The van der Waals surface area contributed by atoms with Crippen LogP contribution in [0.25, 0.3) is 0 Å². The van der Waals surface area contributed by atoms with Crippen LogP contribution in [0, 0.1) is 0 Å². The lowest BCUT2D eigenvalue weighted by Gasteiger charge is -2.09. The number of allylic oxidation sites excluding steroid dienone is 1. The van der Waals surface area contributed by atoms with E-state index in [4.69, 9.17) is 0 Å². The number of hydrogen-bond acceptors (Lipinski definition) is 3. The Morgan fingerprint density at radius 3 is 2.79 bits per heavy atom. The molecular formula is C10H17NOS2. The van der Waals surface area contributed by atoms with Gasteiger partial charge in [0, 0.05) is 11.4 Å². The van der Waals surface area contributed by atoms with Crippen LogP contribution in [-0.2, 0) is 4.79 Å². The summed E-state index contributed by atoms with van der Waals surface area (Å²) in [5.41, 5.74) is 0. The second kappa shape index (κ2) is 8.00. The Kier molecular flexibility index (Phi) is 7.80. The maximum atomic E-state index is 11.4. The summed E-state index contributed by atoms with van der Waals surface area (Å²) in [4.78, 5) is 12.3. The SMILES string of the molecule is C=C(CNC(=O)C(C)SC)S/C=C\C. The molecule has 0 saturated heterocycles. The Labute approximate surface area is 94.6 Å².